The van der Waals surface area contributed by atoms with Crippen LogP contribution in [-0.4, -0.2) is 18.7 Å². The molecule has 1 unspecified atom stereocenters. The molecule has 25 heavy (non-hydrogen) atoms. The van der Waals surface area contributed by atoms with Crippen molar-refractivity contribution in [1.82, 2.24) is 0 Å². The molecule has 2 aromatic carbocycles. The van der Waals surface area contributed by atoms with E-state index in [0.717, 1.165) is 10.8 Å². The highest BCUT2D eigenvalue weighted by Crippen LogP contribution is 2.33. The van der Waals surface area contributed by atoms with Crippen molar-refractivity contribution in [3.8, 4) is 5.75 Å². The maximum absolute atomic E-state index is 14.2. The molecule has 128 valence electrons. The summed E-state index contributed by atoms with van der Waals surface area (Å²) in [5, 5.41) is 0.487. The largest absolute Gasteiger partial charge is 0.488 e. The average molecular weight is 358 g/mol. The number of hydrogen-bond donors (Lipinski definition) is 0. The van der Waals surface area contributed by atoms with Crippen LogP contribution in [0.15, 0.2) is 53.8 Å². The summed E-state index contributed by atoms with van der Waals surface area (Å²) in [7, 11) is 0. The van der Waals surface area contributed by atoms with Gasteiger partial charge in [0.25, 0.3) is 0 Å². The summed E-state index contributed by atoms with van der Waals surface area (Å²) in [6, 6.07) is 9.74. The van der Waals surface area contributed by atoms with Gasteiger partial charge in [-0.25, -0.2) is 9.18 Å². The maximum atomic E-state index is 14.2. The van der Waals surface area contributed by atoms with E-state index in [0.29, 0.717) is 15.8 Å². The second-order valence-corrected chi connectivity index (χ2v) is 6.49. The van der Waals surface area contributed by atoms with E-state index in [1.807, 2.05) is 12.1 Å². The number of benzene rings is 2. The standard InChI is InChI=1S/C19H15FO4S/c1-3-16(21)24-11(2)10-23-14-9-8-13(20)17-18(22)12-6-4-5-7-15(12)25-19(14)17/h3-9,11H,1,10H2,2H3. The maximum Gasteiger partial charge on any atom is 0.330 e. The molecule has 1 heterocycles. The number of esters is 1. The highest BCUT2D eigenvalue weighted by Gasteiger charge is 2.15. The number of rotatable bonds is 5. The Balaban J connectivity index is 2.02. The van der Waals surface area contributed by atoms with Gasteiger partial charge in [-0.15, -0.1) is 11.3 Å². The van der Waals surface area contributed by atoms with E-state index in [9.17, 15) is 14.0 Å². The fourth-order valence-electron chi connectivity index (χ4n) is 2.44. The zero-order chi connectivity index (χ0) is 18.0. The lowest BCUT2D eigenvalue weighted by molar-refractivity contribution is -0.143. The molecule has 6 heteroatoms. The molecule has 0 bridgehead atoms. The van der Waals surface area contributed by atoms with Gasteiger partial charge in [0.15, 0.2) is 5.43 Å². The third kappa shape index (κ3) is 3.39. The zero-order valence-corrected chi connectivity index (χ0v) is 14.3. The van der Waals surface area contributed by atoms with Gasteiger partial charge >= 0.3 is 5.97 Å². The Kier molecular flexibility index (Phi) is 4.81. The van der Waals surface area contributed by atoms with Crippen LogP contribution in [-0.2, 0) is 9.53 Å². The predicted molar refractivity (Wildman–Crippen MR) is 96.8 cm³/mol. The van der Waals surface area contributed by atoms with Gasteiger partial charge in [-0.05, 0) is 31.2 Å². The van der Waals surface area contributed by atoms with Crippen LogP contribution in [0.2, 0.25) is 0 Å². The Morgan fingerprint density at radius 1 is 1.32 bits per heavy atom. The molecular formula is C19H15FO4S. The normalized spacial score (nSPS) is 12.1. The molecule has 0 spiro atoms. The average Bonchev–Trinajstić information content (AvgIpc) is 2.61. The molecule has 0 amide bonds. The summed E-state index contributed by atoms with van der Waals surface area (Å²) in [6.07, 6.45) is 0.560. The quantitative estimate of drug-likeness (QED) is 0.392. The predicted octanol–water partition coefficient (Wildman–Crippen LogP) is 4.05. The molecule has 0 saturated carbocycles. The van der Waals surface area contributed by atoms with Crippen LogP contribution < -0.4 is 10.2 Å². The highest BCUT2D eigenvalue weighted by atomic mass is 32.1. The zero-order valence-electron chi connectivity index (χ0n) is 13.5. The molecule has 0 N–H and O–H groups in total. The van der Waals surface area contributed by atoms with Crippen molar-refractivity contribution < 1.29 is 18.7 Å². The number of hydrogen-bond acceptors (Lipinski definition) is 5. The van der Waals surface area contributed by atoms with Gasteiger partial charge in [0.05, 0.1) is 10.1 Å². The van der Waals surface area contributed by atoms with Crippen molar-refractivity contribution >= 4 is 37.5 Å². The van der Waals surface area contributed by atoms with Gasteiger partial charge in [0, 0.05) is 16.2 Å². The van der Waals surface area contributed by atoms with Gasteiger partial charge in [-0.1, -0.05) is 18.7 Å². The number of carbonyl (C=O) groups excluding carboxylic acids is 1. The van der Waals surface area contributed by atoms with E-state index in [-0.39, 0.29) is 17.4 Å². The van der Waals surface area contributed by atoms with Gasteiger partial charge in [-0.2, -0.15) is 0 Å². The fourth-order valence-corrected chi connectivity index (χ4v) is 3.60. The molecule has 0 aliphatic rings. The summed E-state index contributed by atoms with van der Waals surface area (Å²) < 4.78 is 26.1. The van der Waals surface area contributed by atoms with Crippen LogP contribution in [0.3, 0.4) is 0 Å². The van der Waals surface area contributed by atoms with Crippen molar-refractivity contribution in [1.29, 1.82) is 0 Å². The van der Waals surface area contributed by atoms with Crippen molar-refractivity contribution in [2.45, 2.75) is 13.0 Å². The van der Waals surface area contributed by atoms with Gasteiger partial charge < -0.3 is 9.47 Å². The lowest BCUT2D eigenvalue weighted by Crippen LogP contribution is -2.21. The first-order valence-corrected chi connectivity index (χ1v) is 8.43. The first-order chi connectivity index (χ1) is 12.0. The Morgan fingerprint density at radius 2 is 2.08 bits per heavy atom. The fraction of sp³-hybridized carbons (Fsp3) is 0.158. The van der Waals surface area contributed by atoms with Crippen LogP contribution in [0.4, 0.5) is 4.39 Å². The van der Waals surface area contributed by atoms with Crippen molar-refractivity contribution in [3.05, 3.63) is 65.1 Å². The van der Waals surface area contributed by atoms with Crippen LogP contribution >= 0.6 is 11.3 Å². The molecule has 0 aliphatic carbocycles. The van der Waals surface area contributed by atoms with Gasteiger partial charge in [0.2, 0.25) is 0 Å². The summed E-state index contributed by atoms with van der Waals surface area (Å²) in [5.74, 6) is -0.748. The lowest BCUT2D eigenvalue weighted by atomic mass is 10.1. The number of fused-ring (bicyclic) bond motifs is 2. The molecule has 0 aliphatic heterocycles. The minimum Gasteiger partial charge on any atom is -0.488 e. The summed E-state index contributed by atoms with van der Waals surface area (Å²) in [6.45, 7) is 5.08. The first-order valence-electron chi connectivity index (χ1n) is 7.61. The minimum atomic E-state index is -0.583. The summed E-state index contributed by atoms with van der Waals surface area (Å²) >= 11 is 1.29. The van der Waals surface area contributed by atoms with E-state index < -0.39 is 17.9 Å². The van der Waals surface area contributed by atoms with Crippen molar-refractivity contribution in [2.75, 3.05) is 6.61 Å². The van der Waals surface area contributed by atoms with E-state index in [1.165, 1.54) is 23.5 Å². The van der Waals surface area contributed by atoms with E-state index in [2.05, 4.69) is 6.58 Å². The Morgan fingerprint density at radius 3 is 2.84 bits per heavy atom. The van der Waals surface area contributed by atoms with Crippen LogP contribution in [0.25, 0.3) is 20.2 Å². The summed E-state index contributed by atoms with van der Waals surface area (Å²) in [4.78, 5) is 23.8. The SMILES string of the molecule is C=CC(=O)OC(C)COc1ccc(F)c2c(=O)c3ccccc3sc12. The molecule has 4 nitrogen and oxygen atoms in total. The van der Waals surface area contributed by atoms with Crippen LogP contribution in [0, 0.1) is 5.82 Å². The molecule has 0 fully saturated rings. The van der Waals surface area contributed by atoms with E-state index in [1.54, 1.807) is 19.1 Å². The second kappa shape index (κ2) is 7.03. The van der Waals surface area contributed by atoms with Crippen molar-refractivity contribution in [2.24, 2.45) is 0 Å². The van der Waals surface area contributed by atoms with Crippen molar-refractivity contribution in [3.63, 3.8) is 0 Å². The molecular weight excluding hydrogens is 343 g/mol. The topological polar surface area (TPSA) is 52.6 Å². The third-order valence-corrected chi connectivity index (χ3v) is 4.78. The number of halogens is 1. The lowest BCUT2D eigenvalue weighted by Gasteiger charge is -2.14. The van der Waals surface area contributed by atoms with Crippen LogP contribution in [0.1, 0.15) is 6.92 Å². The third-order valence-electron chi connectivity index (χ3n) is 3.60. The molecule has 1 atom stereocenters. The molecule has 3 rings (SSSR count). The second-order valence-electron chi connectivity index (χ2n) is 5.44. The van der Waals surface area contributed by atoms with E-state index in [4.69, 9.17) is 9.47 Å². The van der Waals surface area contributed by atoms with Gasteiger partial charge in [0.1, 0.15) is 24.3 Å². The molecule has 0 saturated heterocycles. The number of ether oxygens (including phenoxy) is 2. The first kappa shape index (κ1) is 17.1. The highest BCUT2D eigenvalue weighted by molar-refractivity contribution is 7.24. The Bertz CT molecular complexity index is 1030. The Labute approximate surface area is 147 Å². The minimum absolute atomic E-state index is 0.0111. The molecule has 3 aromatic rings. The molecule has 1 aromatic heterocycles. The smallest absolute Gasteiger partial charge is 0.330 e. The monoisotopic (exact) mass is 358 g/mol. The summed E-state index contributed by atoms with van der Waals surface area (Å²) in [5.41, 5.74) is -0.363. The van der Waals surface area contributed by atoms with E-state index >= 15 is 0 Å². The van der Waals surface area contributed by atoms with Gasteiger partial charge in [-0.3, -0.25) is 4.79 Å². The Hall–Kier alpha value is -2.73. The molecule has 0 radical (unpaired) electrons. The van der Waals surface area contributed by atoms with Crippen LogP contribution in [0.5, 0.6) is 5.75 Å². The number of carbonyl (C=O) groups is 1.